The van der Waals surface area contributed by atoms with Gasteiger partial charge in [-0.2, -0.15) is 8.42 Å². The maximum atomic E-state index is 13.1. The summed E-state index contributed by atoms with van der Waals surface area (Å²) in [5.41, 5.74) is 0. The van der Waals surface area contributed by atoms with Crippen LogP contribution in [-0.2, 0) is 28.9 Å². The Labute approximate surface area is 410 Å². The summed E-state index contributed by atoms with van der Waals surface area (Å²) in [6, 6.07) is -0.942. The molecule has 0 spiro atoms. The molecule has 1 aliphatic rings. The number of hydrogen-bond acceptors (Lipinski definition) is 10. The normalized spacial score (nSPS) is 20.0. The second-order valence-electron chi connectivity index (χ2n) is 19.5. The average molecular weight is 974 g/mol. The second kappa shape index (κ2) is 44.5. The predicted molar refractivity (Wildman–Crippen MR) is 273 cm³/mol. The molecule has 7 atom stereocenters. The molecule has 1 amide bonds. The minimum absolute atomic E-state index is 0.261. The summed E-state index contributed by atoms with van der Waals surface area (Å²) in [5.74, 6) is -0.261. The second-order valence-corrected chi connectivity index (χ2v) is 20.6. The summed E-state index contributed by atoms with van der Waals surface area (Å²) in [6.07, 6.45) is 45.2. The average Bonchev–Trinajstić information content (AvgIpc) is 3.30. The molecule has 12 nitrogen and oxygen atoms in total. The van der Waals surface area contributed by atoms with E-state index >= 15 is 0 Å². The summed E-state index contributed by atoms with van der Waals surface area (Å²) in [5, 5.41) is 44.8. The SMILES string of the molecule is CCCCCCCCCCCCC/C=C/C(O)C(COC1OC(CO)C(O)C(OS(=O)(=O)O)C1O)NC(=O)CCCCCCCCCCCCC/C=C\CCCCCCCCCCCCCC. The van der Waals surface area contributed by atoms with Crippen molar-refractivity contribution >= 4 is 16.3 Å². The fourth-order valence-corrected chi connectivity index (χ4v) is 9.43. The van der Waals surface area contributed by atoms with Crippen LogP contribution in [0, 0.1) is 0 Å². The third-order valence-electron chi connectivity index (χ3n) is 13.2. The van der Waals surface area contributed by atoms with E-state index in [1.165, 1.54) is 193 Å². The standard InChI is InChI=1S/C54H103NO11S/c1-3-5-7-9-11-13-15-17-18-19-20-21-22-23-24-25-26-27-28-29-30-32-34-36-38-40-42-44-50(58)55-47(48(57)43-41-39-37-35-33-31-16-14-12-10-8-6-4-2)46-64-54-52(60)53(66-67(61,62)63)51(59)49(45-56)65-54/h23-24,41,43,47-49,51-54,56-57,59-60H,3-22,25-40,42,44-46H2,1-2H3,(H,55,58)(H,61,62,63)/b24-23-,43-41+. The van der Waals surface area contributed by atoms with Crippen LogP contribution in [0.3, 0.4) is 0 Å². The van der Waals surface area contributed by atoms with Crippen molar-refractivity contribution in [2.45, 2.75) is 301 Å². The van der Waals surface area contributed by atoms with E-state index in [-0.39, 0.29) is 18.9 Å². The van der Waals surface area contributed by atoms with Gasteiger partial charge in [-0.15, -0.1) is 0 Å². The smallest absolute Gasteiger partial charge is 0.394 e. The molecule has 67 heavy (non-hydrogen) atoms. The van der Waals surface area contributed by atoms with E-state index in [0.29, 0.717) is 6.42 Å². The van der Waals surface area contributed by atoms with Gasteiger partial charge in [0.15, 0.2) is 6.29 Å². The lowest BCUT2D eigenvalue weighted by Crippen LogP contribution is -2.61. The summed E-state index contributed by atoms with van der Waals surface area (Å²) >= 11 is 0. The van der Waals surface area contributed by atoms with E-state index in [2.05, 4.69) is 35.5 Å². The Kier molecular flexibility index (Phi) is 42.3. The molecule has 0 radical (unpaired) electrons. The van der Waals surface area contributed by atoms with E-state index in [9.17, 15) is 38.2 Å². The highest BCUT2D eigenvalue weighted by atomic mass is 32.3. The van der Waals surface area contributed by atoms with Crippen LogP contribution in [0.5, 0.6) is 0 Å². The van der Waals surface area contributed by atoms with Crippen LogP contribution < -0.4 is 5.32 Å². The third-order valence-corrected chi connectivity index (χ3v) is 13.7. The van der Waals surface area contributed by atoms with Gasteiger partial charge in [0.1, 0.15) is 24.4 Å². The Morgan fingerprint density at radius 2 is 0.955 bits per heavy atom. The Hall–Kier alpha value is -1.42. The van der Waals surface area contributed by atoms with Crippen molar-refractivity contribution in [3.05, 3.63) is 24.3 Å². The number of nitrogens with one attached hydrogen (secondary N) is 1. The fraction of sp³-hybridized carbons (Fsp3) is 0.907. The maximum Gasteiger partial charge on any atom is 0.397 e. The number of hydrogen-bond donors (Lipinski definition) is 6. The van der Waals surface area contributed by atoms with Crippen molar-refractivity contribution < 1.29 is 51.8 Å². The van der Waals surface area contributed by atoms with Gasteiger partial charge < -0.3 is 35.2 Å². The molecule has 1 aliphatic heterocycles. The Morgan fingerprint density at radius 1 is 0.582 bits per heavy atom. The minimum atomic E-state index is -5.09. The van der Waals surface area contributed by atoms with Crippen LogP contribution in [0.25, 0.3) is 0 Å². The quantitative estimate of drug-likeness (QED) is 0.0193. The topological polar surface area (TPSA) is 192 Å². The van der Waals surface area contributed by atoms with Crippen LogP contribution in [0.4, 0.5) is 0 Å². The Bertz CT molecular complexity index is 1280. The molecular weight excluding hydrogens is 871 g/mol. The van der Waals surface area contributed by atoms with Crippen molar-refractivity contribution in [3.8, 4) is 0 Å². The highest BCUT2D eigenvalue weighted by Gasteiger charge is 2.48. The first-order chi connectivity index (χ1) is 32.5. The number of allylic oxidation sites excluding steroid dienone is 3. The van der Waals surface area contributed by atoms with E-state index < -0.39 is 59.9 Å². The zero-order valence-electron chi connectivity index (χ0n) is 42.7. The van der Waals surface area contributed by atoms with Gasteiger partial charge in [-0.05, 0) is 44.9 Å². The molecular formula is C54H103NO11S. The zero-order valence-corrected chi connectivity index (χ0v) is 43.5. The van der Waals surface area contributed by atoms with Gasteiger partial charge >= 0.3 is 10.4 Å². The van der Waals surface area contributed by atoms with Crippen LogP contribution in [0.15, 0.2) is 24.3 Å². The number of rotatable bonds is 48. The monoisotopic (exact) mass is 974 g/mol. The van der Waals surface area contributed by atoms with E-state index in [0.717, 1.165) is 38.5 Å². The first-order valence-corrected chi connectivity index (χ1v) is 29.1. The van der Waals surface area contributed by atoms with Gasteiger partial charge in [0.2, 0.25) is 5.91 Å². The van der Waals surface area contributed by atoms with Crippen LogP contribution in [0.2, 0.25) is 0 Å². The molecule has 396 valence electrons. The first-order valence-electron chi connectivity index (χ1n) is 27.7. The van der Waals surface area contributed by atoms with Gasteiger partial charge in [-0.25, -0.2) is 4.18 Å². The highest BCUT2D eigenvalue weighted by molar-refractivity contribution is 7.80. The fourth-order valence-electron chi connectivity index (χ4n) is 8.92. The molecule has 1 heterocycles. The molecule has 6 N–H and O–H groups in total. The summed E-state index contributed by atoms with van der Waals surface area (Å²) in [6.45, 7) is 3.41. The van der Waals surface area contributed by atoms with Gasteiger partial charge in [-0.1, -0.05) is 231 Å². The molecule has 1 rings (SSSR count). The lowest BCUT2D eigenvalue weighted by Gasteiger charge is -2.41. The van der Waals surface area contributed by atoms with Crippen LogP contribution >= 0.6 is 0 Å². The number of amides is 1. The number of aliphatic hydroxyl groups is 4. The molecule has 7 unspecified atom stereocenters. The lowest BCUT2D eigenvalue weighted by molar-refractivity contribution is -0.298. The van der Waals surface area contributed by atoms with Crippen molar-refractivity contribution in [2.24, 2.45) is 0 Å². The lowest BCUT2D eigenvalue weighted by atomic mass is 9.99. The summed E-state index contributed by atoms with van der Waals surface area (Å²) < 4.78 is 47.7. The molecule has 1 fully saturated rings. The summed E-state index contributed by atoms with van der Waals surface area (Å²) in [7, 11) is -5.09. The maximum absolute atomic E-state index is 13.1. The van der Waals surface area contributed by atoms with Crippen molar-refractivity contribution in [2.75, 3.05) is 13.2 Å². The minimum Gasteiger partial charge on any atom is -0.394 e. The molecule has 13 heteroatoms. The Balaban J connectivity index is 2.32. The van der Waals surface area contributed by atoms with Gasteiger partial charge in [0, 0.05) is 6.42 Å². The number of carbonyl (C=O) groups is 1. The number of carbonyl (C=O) groups excluding carboxylic acids is 1. The highest BCUT2D eigenvalue weighted by Crippen LogP contribution is 2.26. The number of aliphatic hydroxyl groups excluding tert-OH is 4. The molecule has 1 saturated heterocycles. The first kappa shape index (κ1) is 63.6. The molecule has 0 bridgehead atoms. The number of unbranched alkanes of at least 4 members (excludes halogenated alkanes) is 34. The van der Waals surface area contributed by atoms with Crippen LogP contribution in [0.1, 0.15) is 258 Å². The van der Waals surface area contributed by atoms with Crippen molar-refractivity contribution in [1.82, 2.24) is 5.32 Å². The van der Waals surface area contributed by atoms with E-state index in [4.69, 9.17) is 9.47 Å². The molecule has 0 aromatic heterocycles. The molecule has 0 aromatic rings. The largest absolute Gasteiger partial charge is 0.397 e. The van der Waals surface area contributed by atoms with Gasteiger partial charge in [-0.3, -0.25) is 9.35 Å². The third kappa shape index (κ3) is 37.1. The number of ether oxygens (including phenoxy) is 2. The molecule has 0 aliphatic carbocycles. The van der Waals surface area contributed by atoms with E-state index in [1.807, 2.05) is 6.08 Å². The van der Waals surface area contributed by atoms with Crippen molar-refractivity contribution in [3.63, 3.8) is 0 Å². The molecule has 0 aromatic carbocycles. The van der Waals surface area contributed by atoms with E-state index in [1.54, 1.807) is 6.08 Å². The summed E-state index contributed by atoms with van der Waals surface area (Å²) in [4.78, 5) is 13.1. The van der Waals surface area contributed by atoms with Crippen molar-refractivity contribution in [1.29, 1.82) is 0 Å². The zero-order chi connectivity index (χ0) is 49.1. The van der Waals surface area contributed by atoms with Gasteiger partial charge in [0.05, 0.1) is 25.4 Å². The Morgan fingerprint density at radius 3 is 1.34 bits per heavy atom. The predicted octanol–water partition coefficient (Wildman–Crippen LogP) is 12.5. The van der Waals surface area contributed by atoms with Crippen LogP contribution in [-0.4, -0.2) is 95.4 Å². The molecule has 0 saturated carbocycles. The van der Waals surface area contributed by atoms with Gasteiger partial charge in [0.25, 0.3) is 0 Å².